The largest absolute Gasteiger partial charge is 0.352 e. The van der Waals surface area contributed by atoms with Crippen LogP contribution in [0.1, 0.15) is 49.4 Å². The highest BCUT2D eigenvalue weighted by molar-refractivity contribution is 7.90. The molecule has 0 fully saturated rings. The van der Waals surface area contributed by atoms with Crippen LogP contribution in [0.15, 0.2) is 84.0 Å². The van der Waals surface area contributed by atoms with E-state index in [0.29, 0.717) is 29.7 Å². The quantitative estimate of drug-likeness (QED) is 0.233. The summed E-state index contributed by atoms with van der Waals surface area (Å²) in [4.78, 5) is 26.4. The third-order valence-electron chi connectivity index (χ3n) is 6.21. The van der Waals surface area contributed by atoms with Crippen molar-refractivity contribution in [2.75, 3.05) is 20.6 Å². The highest BCUT2D eigenvalue weighted by Crippen LogP contribution is 2.23. The molecule has 0 saturated carbocycles. The average molecular weight is 573 g/mol. The lowest BCUT2D eigenvalue weighted by Crippen LogP contribution is -2.25. The molecule has 8 nitrogen and oxygen atoms in total. The monoisotopic (exact) mass is 572 g/mol. The Labute approximate surface area is 238 Å². The van der Waals surface area contributed by atoms with Crippen molar-refractivity contribution in [2.24, 2.45) is 0 Å². The second kappa shape index (κ2) is 13.1. The molecule has 0 aliphatic carbocycles. The number of sulfone groups is 1. The van der Waals surface area contributed by atoms with Crippen molar-refractivity contribution in [1.82, 2.24) is 20.4 Å². The smallest absolute Gasteiger partial charge is 0.253 e. The van der Waals surface area contributed by atoms with Crippen LogP contribution >= 0.6 is 0 Å². The standard InChI is InChI=1S/C31H29FN4O4S/c1-36(2)31(38)25-10-6-23(7-11-25)21-41(39,40)29-16-13-27(30(37)33-17-3-4-24-19-34-35-20-24)18-26(29)12-5-22-8-14-28(32)15-9-22/h6-11,13-16,18-20H,3-4,17,21H2,1-2H3,(H,33,37)(H,34,35). The molecule has 0 bridgehead atoms. The van der Waals surface area contributed by atoms with Gasteiger partial charge in [0.1, 0.15) is 5.82 Å². The molecule has 1 heterocycles. The molecule has 210 valence electrons. The topological polar surface area (TPSA) is 112 Å². The molecule has 10 heteroatoms. The molecule has 0 spiro atoms. The normalized spacial score (nSPS) is 10.9. The maximum Gasteiger partial charge on any atom is 0.253 e. The first-order valence-electron chi connectivity index (χ1n) is 12.8. The number of aromatic amines is 1. The van der Waals surface area contributed by atoms with Crippen molar-refractivity contribution in [3.05, 3.63) is 118 Å². The van der Waals surface area contributed by atoms with Crippen LogP contribution in [0.5, 0.6) is 0 Å². The first kappa shape index (κ1) is 29.2. The van der Waals surface area contributed by atoms with Gasteiger partial charge in [0.25, 0.3) is 11.8 Å². The predicted molar refractivity (Wildman–Crippen MR) is 153 cm³/mol. The fourth-order valence-electron chi connectivity index (χ4n) is 4.02. The second-order valence-corrected chi connectivity index (χ2v) is 11.5. The molecule has 2 amide bonds. The SMILES string of the molecule is CN(C)C(=O)c1ccc(CS(=O)(=O)c2ccc(C(=O)NCCCc3cn[nH]c3)cc2C#Cc2ccc(F)cc2)cc1. The summed E-state index contributed by atoms with van der Waals surface area (Å²) in [6.07, 6.45) is 4.97. The van der Waals surface area contributed by atoms with Crippen molar-refractivity contribution in [2.45, 2.75) is 23.5 Å². The number of carbonyl (C=O) groups is 2. The number of benzene rings is 3. The van der Waals surface area contributed by atoms with Gasteiger partial charge < -0.3 is 10.2 Å². The number of nitrogens with one attached hydrogen (secondary N) is 2. The molecule has 0 radical (unpaired) electrons. The number of amides is 2. The van der Waals surface area contributed by atoms with Crippen LogP contribution in [-0.4, -0.2) is 56.0 Å². The van der Waals surface area contributed by atoms with Crippen LogP contribution in [0.4, 0.5) is 4.39 Å². The van der Waals surface area contributed by atoms with Crippen LogP contribution in [0.25, 0.3) is 0 Å². The van der Waals surface area contributed by atoms with Crippen LogP contribution < -0.4 is 5.32 Å². The van der Waals surface area contributed by atoms with Gasteiger partial charge in [-0.1, -0.05) is 24.0 Å². The second-order valence-electron chi connectivity index (χ2n) is 9.59. The van der Waals surface area contributed by atoms with Crippen molar-refractivity contribution in [3.8, 4) is 11.8 Å². The number of aryl methyl sites for hydroxylation is 1. The molecule has 41 heavy (non-hydrogen) atoms. The van der Waals surface area contributed by atoms with Crippen molar-refractivity contribution in [3.63, 3.8) is 0 Å². The zero-order valence-corrected chi connectivity index (χ0v) is 23.5. The maximum atomic E-state index is 13.5. The summed E-state index contributed by atoms with van der Waals surface area (Å²) in [5.74, 6) is 4.45. The van der Waals surface area contributed by atoms with E-state index in [-0.39, 0.29) is 33.6 Å². The molecule has 0 aliphatic rings. The Morgan fingerprint density at radius 1 is 0.951 bits per heavy atom. The lowest BCUT2D eigenvalue weighted by molar-refractivity contribution is 0.0827. The Hall–Kier alpha value is -4.75. The molecule has 2 N–H and O–H groups in total. The summed E-state index contributed by atoms with van der Waals surface area (Å²) in [7, 11) is -0.613. The van der Waals surface area contributed by atoms with E-state index in [1.165, 1.54) is 47.4 Å². The van der Waals surface area contributed by atoms with Gasteiger partial charge in [-0.05, 0) is 78.6 Å². The third-order valence-corrected chi connectivity index (χ3v) is 7.95. The fourth-order valence-corrected chi connectivity index (χ4v) is 5.53. The van der Waals surface area contributed by atoms with Crippen LogP contribution in [-0.2, 0) is 22.0 Å². The van der Waals surface area contributed by atoms with Gasteiger partial charge in [-0.2, -0.15) is 5.10 Å². The van der Waals surface area contributed by atoms with E-state index in [4.69, 9.17) is 0 Å². The lowest BCUT2D eigenvalue weighted by Gasteiger charge is -2.12. The number of rotatable bonds is 9. The summed E-state index contributed by atoms with van der Waals surface area (Å²) in [5, 5.41) is 9.50. The predicted octanol–water partition coefficient (Wildman–Crippen LogP) is 3.99. The average Bonchev–Trinajstić information content (AvgIpc) is 3.48. The van der Waals surface area contributed by atoms with E-state index < -0.39 is 15.7 Å². The third kappa shape index (κ3) is 7.90. The maximum absolute atomic E-state index is 13.5. The van der Waals surface area contributed by atoms with E-state index in [2.05, 4.69) is 27.4 Å². The minimum atomic E-state index is -3.89. The Kier molecular flexibility index (Phi) is 9.32. The van der Waals surface area contributed by atoms with Gasteiger partial charge in [-0.25, -0.2) is 12.8 Å². The van der Waals surface area contributed by atoms with Gasteiger partial charge in [-0.3, -0.25) is 14.7 Å². The Bertz CT molecular complexity index is 1690. The fraction of sp³-hybridized carbons (Fsp3) is 0.194. The zero-order valence-electron chi connectivity index (χ0n) is 22.6. The summed E-state index contributed by atoms with van der Waals surface area (Å²) in [5.41, 5.74) is 2.89. The van der Waals surface area contributed by atoms with Gasteiger partial charge in [-0.15, -0.1) is 0 Å². The number of aromatic nitrogens is 2. The van der Waals surface area contributed by atoms with Crippen molar-refractivity contribution < 1.29 is 22.4 Å². The molecule has 0 aliphatic heterocycles. The molecule has 1 aromatic heterocycles. The Morgan fingerprint density at radius 2 is 1.66 bits per heavy atom. The summed E-state index contributed by atoms with van der Waals surface area (Å²) < 4.78 is 40.4. The van der Waals surface area contributed by atoms with Crippen LogP contribution in [0.2, 0.25) is 0 Å². The number of carbonyl (C=O) groups excluding carboxylic acids is 2. The van der Waals surface area contributed by atoms with Gasteiger partial charge in [0, 0.05) is 49.1 Å². The highest BCUT2D eigenvalue weighted by atomic mass is 32.2. The molecular weight excluding hydrogens is 543 g/mol. The van der Waals surface area contributed by atoms with Crippen molar-refractivity contribution >= 4 is 21.7 Å². The minimum absolute atomic E-state index is 0.0305. The summed E-state index contributed by atoms with van der Waals surface area (Å²) >= 11 is 0. The Balaban J connectivity index is 1.58. The Morgan fingerprint density at radius 3 is 2.32 bits per heavy atom. The van der Waals surface area contributed by atoms with Gasteiger partial charge in [0.2, 0.25) is 0 Å². The first-order chi connectivity index (χ1) is 19.6. The number of nitrogens with zero attached hydrogens (tertiary/aromatic N) is 2. The molecule has 0 unspecified atom stereocenters. The molecule has 0 atom stereocenters. The summed E-state index contributed by atoms with van der Waals surface area (Å²) in [6, 6.07) is 16.2. The number of hydrogen-bond donors (Lipinski definition) is 2. The van der Waals surface area contributed by atoms with Crippen LogP contribution in [0, 0.1) is 17.7 Å². The zero-order chi connectivity index (χ0) is 29.4. The molecule has 4 aromatic rings. The molecular formula is C31H29FN4O4S. The summed E-state index contributed by atoms with van der Waals surface area (Å²) in [6.45, 7) is 0.424. The first-order valence-corrected chi connectivity index (χ1v) is 14.5. The van der Waals surface area contributed by atoms with Gasteiger partial charge >= 0.3 is 0 Å². The molecule has 3 aromatic carbocycles. The highest BCUT2D eigenvalue weighted by Gasteiger charge is 2.21. The van der Waals surface area contributed by atoms with Crippen molar-refractivity contribution in [1.29, 1.82) is 0 Å². The van der Waals surface area contributed by atoms with Gasteiger partial charge in [0.05, 0.1) is 16.8 Å². The van der Waals surface area contributed by atoms with E-state index >= 15 is 0 Å². The number of halogens is 1. The number of H-pyrrole nitrogens is 1. The molecule has 4 rings (SSSR count). The van der Waals surface area contributed by atoms with Gasteiger partial charge in [0.15, 0.2) is 9.84 Å². The van der Waals surface area contributed by atoms with E-state index in [0.717, 1.165) is 12.0 Å². The minimum Gasteiger partial charge on any atom is -0.352 e. The van der Waals surface area contributed by atoms with Crippen LogP contribution in [0.3, 0.4) is 0 Å². The number of hydrogen-bond acceptors (Lipinski definition) is 5. The lowest BCUT2D eigenvalue weighted by atomic mass is 10.1. The van der Waals surface area contributed by atoms with E-state index in [9.17, 15) is 22.4 Å². The molecule has 0 saturated heterocycles. The van der Waals surface area contributed by atoms with E-state index in [1.807, 2.05) is 0 Å². The van der Waals surface area contributed by atoms with E-state index in [1.54, 1.807) is 50.8 Å².